The molecule has 1 aliphatic rings. The van der Waals surface area contributed by atoms with Crippen molar-refractivity contribution in [2.45, 2.75) is 96.3 Å². The third-order valence-electron chi connectivity index (χ3n) is 4.51. The minimum atomic E-state index is -0.0684. The molecule has 1 amide bonds. The minimum absolute atomic E-state index is 0.0684. The third kappa shape index (κ3) is 9.07. The van der Waals surface area contributed by atoms with Crippen molar-refractivity contribution in [1.82, 2.24) is 0 Å². The second kappa shape index (κ2) is 11.3. The molecule has 0 unspecified atom stereocenters. The molecule has 1 rings (SSSR count). The zero-order chi connectivity index (χ0) is 13.8. The van der Waals surface area contributed by atoms with Crippen LogP contribution in [0.15, 0.2) is 0 Å². The third-order valence-corrected chi connectivity index (χ3v) is 4.51. The first kappa shape index (κ1) is 16.5. The topological polar surface area (TPSA) is 43.1 Å². The van der Waals surface area contributed by atoms with Crippen molar-refractivity contribution in [3.8, 4) is 0 Å². The zero-order valence-corrected chi connectivity index (χ0v) is 12.7. The lowest BCUT2D eigenvalue weighted by Crippen LogP contribution is -2.23. The van der Waals surface area contributed by atoms with Gasteiger partial charge in [0, 0.05) is 5.92 Å². The maximum Gasteiger partial charge on any atom is 0.220 e. The molecule has 1 saturated carbocycles. The van der Waals surface area contributed by atoms with Crippen LogP contribution in [0, 0.1) is 5.92 Å². The molecule has 2 heteroatoms. The van der Waals surface area contributed by atoms with Crippen molar-refractivity contribution in [2.75, 3.05) is 0 Å². The quantitative estimate of drug-likeness (QED) is 0.717. The molecule has 112 valence electrons. The molecule has 0 heterocycles. The molecule has 0 aromatic heterocycles. The number of carbonyl (C=O) groups excluding carboxylic acids is 1. The lowest BCUT2D eigenvalue weighted by Gasteiger charge is -2.13. The SMILES string of the molecule is NC(=O)C1CCCCCCCCCCCCCCC1. The van der Waals surface area contributed by atoms with Gasteiger partial charge in [0.05, 0.1) is 0 Å². The van der Waals surface area contributed by atoms with Gasteiger partial charge < -0.3 is 5.73 Å². The van der Waals surface area contributed by atoms with Crippen LogP contribution in [0.2, 0.25) is 0 Å². The van der Waals surface area contributed by atoms with Gasteiger partial charge in [-0.3, -0.25) is 4.79 Å². The molecule has 0 aliphatic heterocycles. The highest BCUT2D eigenvalue weighted by Crippen LogP contribution is 2.20. The lowest BCUT2D eigenvalue weighted by atomic mass is 9.93. The van der Waals surface area contributed by atoms with E-state index in [9.17, 15) is 4.79 Å². The van der Waals surface area contributed by atoms with Crippen LogP contribution >= 0.6 is 0 Å². The van der Waals surface area contributed by atoms with Crippen LogP contribution in [0.5, 0.6) is 0 Å². The van der Waals surface area contributed by atoms with Gasteiger partial charge in [0.25, 0.3) is 0 Å². The van der Waals surface area contributed by atoms with Crippen molar-refractivity contribution in [3.63, 3.8) is 0 Å². The smallest absolute Gasteiger partial charge is 0.220 e. The fourth-order valence-corrected chi connectivity index (χ4v) is 3.15. The largest absolute Gasteiger partial charge is 0.369 e. The standard InChI is InChI=1S/C17H33NO/c18-17(19)16-14-12-10-8-6-4-2-1-3-5-7-9-11-13-15-16/h16H,1-15H2,(H2,18,19). The van der Waals surface area contributed by atoms with E-state index >= 15 is 0 Å². The van der Waals surface area contributed by atoms with E-state index in [0.29, 0.717) is 0 Å². The average molecular weight is 267 g/mol. The van der Waals surface area contributed by atoms with E-state index in [1.54, 1.807) is 0 Å². The molecule has 0 saturated heterocycles. The van der Waals surface area contributed by atoms with Gasteiger partial charge in [-0.1, -0.05) is 83.5 Å². The summed E-state index contributed by atoms with van der Waals surface area (Å²) in [5.41, 5.74) is 5.51. The van der Waals surface area contributed by atoms with Gasteiger partial charge >= 0.3 is 0 Å². The van der Waals surface area contributed by atoms with Gasteiger partial charge in [-0.25, -0.2) is 0 Å². The molecule has 0 aromatic rings. The van der Waals surface area contributed by atoms with Crippen LogP contribution in [0.3, 0.4) is 0 Å². The Morgan fingerprint density at radius 2 is 0.842 bits per heavy atom. The summed E-state index contributed by atoms with van der Waals surface area (Å²) in [7, 11) is 0. The second-order valence-electron chi connectivity index (χ2n) is 6.27. The number of nitrogens with two attached hydrogens (primary N) is 1. The summed E-state index contributed by atoms with van der Waals surface area (Å²) < 4.78 is 0. The number of rotatable bonds is 1. The predicted molar refractivity (Wildman–Crippen MR) is 81.9 cm³/mol. The van der Waals surface area contributed by atoms with Crippen molar-refractivity contribution in [1.29, 1.82) is 0 Å². The van der Waals surface area contributed by atoms with Crippen LogP contribution in [0.1, 0.15) is 96.3 Å². The molecule has 0 bridgehead atoms. The van der Waals surface area contributed by atoms with E-state index in [1.165, 1.54) is 83.5 Å². The van der Waals surface area contributed by atoms with Gasteiger partial charge in [-0.05, 0) is 12.8 Å². The Balaban J connectivity index is 2.25. The molecule has 1 fully saturated rings. The van der Waals surface area contributed by atoms with Crippen molar-refractivity contribution in [3.05, 3.63) is 0 Å². The molecule has 0 atom stereocenters. The Kier molecular flexibility index (Phi) is 9.84. The van der Waals surface area contributed by atoms with E-state index in [0.717, 1.165) is 12.8 Å². The second-order valence-corrected chi connectivity index (χ2v) is 6.27. The maximum absolute atomic E-state index is 11.4. The summed E-state index contributed by atoms with van der Waals surface area (Å²) in [6.45, 7) is 0. The minimum Gasteiger partial charge on any atom is -0.369 e. The van der Waals surface area contributed by atoms with E-state index in [4.69, 9.17) is 5.73 Å². The van der Waals surface area contributed by atoms with Crippen LogP contribution in [0.4, 0.5) is 0 Å². The predicted octanol–water partition coefficient (Wildman–Crippen LogP) is 4.95. The number of primary amides is 1. The molecule has 0 spiro atoms. The first-order valence-corrected chi connectivity index (χ1v) is 8.60. The molecule has 2 nitrogen and oxygen atoms in total. The molecule has 0 radical (unpaired) electrons. The molecular formula is C17H33NO. The summed E-state index contributed by atoms with van der Waals surface area (Å²) in [6, 6.07) is 0. The van der Waals surface area contributed by atoms with E-state index < -0.39 is 0 Å². The highest BCUT2D eigenvalue weighted by atomic mass is 16.1. The van der Waals surface area contributed by atoms with Gasteiger partial charge in [0.1, 0.15) is 0 Å². The highest BCUT2D eigenvalue weighted by Gasteiger charge is 2.14. The first-order valence-electron chi connectivity index (χ1n) is 8.60. The van der Waals surface area contributed by atoms with E-state index in [2.05, 4.69) is 0 Å². The zero-order valence-electron chi connectivity index (χ0n) is 12.7. The van der Waals surface area contributed by atoms with Gasteiger partial charge in [0.15, 0.2) is 0 Å². The summed E-state index contributed by atoms with van der Waals surface area (Å²) in [5, 5.41) is 0. The highest BCUT2D eigenvalue weighted by molar-refractivity contribution is 5.76. The molecule has 2 N–H and O–H groups in total. The Bertz CT molecular complexity index is 211. The fourth-order valence-electron chi connectivity index (χ4n) is 3.15. The fraction of sp³-hybridized carbons (Fsp3) is 0.941. The maximum atomic E-state index is 11.4. The summed E-state index contributed by atoms with van der Waals surface area (Å²) in [6.07, 6.45) is 19.5. The number of hydrogen-bond acceptors (Lipinski definition) is 1. The molecule has 0 aromatic carbocycles. The number of carbonyl (C=O) groups is 1. The molecule has 19 heavy (non-hydrogen) atoms. The van der Waals surface area contributed by atoms with E-state index in [1.807, 2.05) is 0 Å². The van der Waals surface area contributed by atoms with Crippen LogP contribution < -0.4 is 5.73 Å². The number of hydrogen-bond donors (Lipinski definition) is 1. The Hall–Kier alpha value is -0.530. The van der Waals surface area contributed by atoms with E-state index in [-0.39, 0.29) is 11.8 Å². The Labute approximate surface area is 119 Å². The molecular weight excluding hydrogens is 234 g/mol. The monoisotopic (exact) mass is 267 g/mol. The van der Waals surface area contributed by atoms with Crippen LogP contribution in [0.25, 0.3) is 0 Å². The molecule has 1 aliphatic carbocycles. The Morgan fingerprint density at radius 3 is 1.11 bits per heavy atom. The van der Waals surface area contributed by atoms with Crippen molar-refractivity contribution in [2.24, 2.45) is 11.7 Å². The number of amides is 1. The van der Waals surface area contributed by atoms with Gasteiger partial charge in [0.2, 0.25) is 5.91 Å². The first-order chi connectivity index (χ1) is 9.30. The Morgan fingerprint density at radius 1 is 0.579 bits per heavy atom. The summed E-state index contributed by atoms with van der Waals surface area (Å²) >= 11 is 0. The van der Waals surface area contributed by atoms with Crippen molar-refractivity contribution < 1.29 is 4.79 Å². The van der Waals surface area contributed by atoms with Crippen molar-refractivity contribution >= 4 is 5.91 Å². The van der Waals surface area contributed by atoms with Crippen LogP contribution in [-0.4, -0.2) is 5.91 Å². The lowest BCUT2D eigenvalue weighted by molar-refractivity contribution is -0.122. The van der Waals surface area contributed by atoms with Gasteiger partial charge in [-0.2, -0.15) is 0 Å². The summed E-state index contributed by atoms with van der Waals surface area (Å²) in [5.74, 6) is 0.0778. The normalized spacial score (nSPS) is 22.9. The average Bonchev–Trinajstić information content (AvgIpc) is 2.38. The summed E-state index contributed by atoms with van der Waals surface area (Å²) in [4.78, 5) is 11.4. The van der Waals surface area contributed by atoms with Crippen LogP contribution in [-0.2, 0) is 4.79 Å². The van der Waals surface area contributed by atoms with Gasteiger partial charge in [-0.15, -0.1) is 0 Å².